The number of nitrogens with one attached hydrogen (secondary N) is 2. The minimum Gasteiger partial charge on any atom is -0.322 e. The van der Waals surface area contributed by atoms with Gasteiger partial charge in [0.2, 0.25) is 0 Å². The van der Waals surface area contributed by atoms with Gasteiger partial charge in [0.25, 0.3) is 5.91 Å². The van der Waals surface area contributed by atoms with E-state index in [-0.39, 0.29) is 5.91 Å². The van der Waals surface area contributed by atoms with Crippen LogP contribution in [0.4, 0.5) is 4.79 Å². The van der Waals surface area contributed by atoms with Crippen LogP contribution in [-0.4, -0.2) is 29.0 Å². The van der Waals surface area contributed by atoms with Crippen molar-refractivity contribution < 1.29 is 9.59 Å². The number of hydrogen-bond donors (Lipinski definition) is 3. The Morgan fingerprint density at radius 3 is 2.50 bits per heavy atom. The zero-order valence-corrected chi connectivity index (χ0v) is 11.4. The van der Waals surface area contributed by atoms with Crippen molar-refractivity contribution in [3.05, 3.63) is 35.9 Å². The van der Waals surface area contributed by atoms with Crippen molar-refractivity contribution in [2.24, 2.45) is 0 Å². The van der Waals surface area contributed by atoms with Crippen LogP contribution >= 0.6 is 24.4 Å². The molecule has 96 valence electrons. The molecule has 1 heterocycles. The lowest BCUT2D eigenvalue weighted by molar-refractivity contribution is -0.122. The fourth-order valence-electron chi connectivity index (χ4n) is 1.70. The van der Waals surface area contributed by atoms with Crippen molar-refractivity contribution >= 4 is 36.3 Å². The molecule has 0 spiro atoms. The van der Waals surface area contributed by atoms with E-state index in [1.165, 1.54) is 5.56 Å². The molecule has 1 atom stereocenters. The summed E-state index contributed by atoms with van der Waals surface area (Å²) in [4.78, 5) is 22.9. The van der Waals surface area contributed by atoms with Gasteiger partial charge in [-0.25, -0.2) is 4.79 Å². The Labute approximate surface area is 115 Å². The zero-order chi connectivity index (χ0) is 13.0. The molecule has 0 radical (unpaired) electrons. The summed E-state index contributed by atoms with van der Waals surface area (Å²) in [5.74, 6) is 1.33. The summed E-state index contributed by atoms with van der Waals surface area (Å²) in [5, 5.41) is 4.91. The first-order valence-corrected chi connectivity index (χ1v) is 7.31. The van der Waals surface area contributed by atoms with Crippen LogP contribution < -0.4 is 10.6 Å². The number of benzene rings is 1. The van der Waals surface area contributed by atoms with Gasteiger partial charge in [0.15, 0.2) is 0 Å². The summed E-state index contributed by atoms with van der Waals surface area (Å²) < 4.78 is 0. The molecule has 6 heteroatoms. The van der Waals surface area contributed by atoms with E-state index in [9.17, 15) is 9.59 Å². The molecule has 1 aliphatic heterocycles. The molecule has 0 bridgehead atoms. The lowest BCUT2D eigenvalue weighted by Gasteiger charge is -2.23. The number of hydrogen-bond acceptors (Lipinski definition) is 4. The lowest BCUT2D eigenvalue weighted by Crippen LogP contribution is -2.51. The highest BCUT2D eigenvalue weighted by atomic mass is 32.2. The van der Waals surface area contributed by atoms with Crippen molar-refractivity contribution in [1.82, 2.24) is 10.6 Å². The van der Waals surface area contributed by atoms with Gasteiger partial charge in [0.1, 0.15) is 5.54 Å². The first-order valence-electron chi connectivity index (χ1n) is 5.52. The number of rotatable bonds is 5. The van der Waals surface area contributed by atoms with E-state index < -0.39 is 11.6 Å². The van der Waals surface area contributed by atoms with E-state index in [0.717, 1.165) is 5.75 Å². The monoisotopic (exact) mass is 282 g/mol. The summed E-state index contributed by atoms with van der Waals surface area (Å²) in [5.41, 5.74) is 0.321. The molecule has 0 aliphatic carbocycles. The molecule has 1 fully saturated rings. The third-order valence-corrected chi connectivity index (χ3v) is 4.52. The number of thioether (sulfide) groups is 1. The second-order valence-corrected chi connectivity index (χ2v) is 5.43. The minimum absolute atomic E-state index is 0.289. The maximum absolute atomic E-state index is 11.7. The van der Waals surface area contributed by atoms with Crippen LogP contribution in [0, 0.1) is 0 Å². The predicted octanol–water partition coefficient (Wildman–Crippen LogP) is 1.43. The molecule has 3 amide bonds. The Bertz CT molecular complexity index is 453. The largest absolute Gasteiger partial charge is 0.322 e. The van der Waals surface area contributed by atoms with Crippen molar-refractivity contribution in [3.63, 3.8) is 0 Å². The molecule has 1 aliphatic rings. The van der Waals surface area contributed by atoms with Crippen LogP contribution in [0.2, 0.25) is 0 Å². The lowest BCUT2D eigenvalue weighted by atomic mass is 10.1. The van der Waals surface area contributed by atoms with Gasteiger partial charge in [-0.1, -0.05) is 30.3 Å². The zero-order valence-electron chi connectivity index (χ0n) is 9.68. The van der Waals surface area contributed by atoms with Gasteiger partial charge >= 0.3 is 6.03 Å². The molecule has 1 aromatic carbocycles. The van der Waals surface area contributed by atoms with Crippen LogP contribution in [0.25, 0.3) is 0 Å². The maximum Gasteiger partial charge on any atom is 0.322 e. The molecule has 18 heavy (non-hydrogen) atoms. The van der Waals surface area contributed by atoms with E-state index in [2.05, 4.69) is 23.3 Å². The smallest absolute Gasteiger partial charge is 0.322 e. The van der Waals surface area contributed by atoms with Gasteiger partial charge in [0, 0.05) is 17.3 Å². The predicted molar refractivity (Wildman–Crippen MR) is 75.9 cm³/mol. The van der Waals surface area contributed by atoms with E-state index >= 15 is 0 Å². The van der Waals surface area contributed by atoms with Gasteiger partial charge in [-0.05, 0) is 5.56 Å². The molecule has 1 saturated heterocycles. The molecular formula is C12H14N2O2S2. The third-order valence-electron chi connectivity index (χ3n) is 2.74. The van der Waals surface area contributed by atoms with E-state index in [1.54, 1.807) is 11.8 Å². The average Bonchev–Trinajstić information content (AvgIpc) is 2.66. The van der Waals surface area contributed by atoms with Crippen LogP contribution in [0.5, 0.6) is 0 Å². The molecule has 0 saturated carbocycles. The number of imide groups is 1. The summed E-state index contributed by atoms with van der Waals surface area (Å²) in [6.07, 6.45) is 0. The van der Waals surface area contributed by atoms with Crippen LogP contribution in [0.1, 0.15) is 5.56 Å². The SMILES string of the molecule is O=C1NC(=O)[C@](CS)(CSCc2ccccc2)N1. The third kappa shape index (κ3) is 2.81. The minimum atomic E-state index is -0.875. The highest BCUT2D eigenvalue weighted by Gasteiger charge is 2.44. The molecule has 0 aromatic heterocycles. The maximum atomic E-state index is 11.7. The Balaban J connectivity index is 1.92. The summed E-state index contributed by atoms with van der Waals surface area (Å²) in [6, 6.07) is 9.56. The second-order valence-electron chi connectivity index (χ2n) is 4.13. The number of amides is 3. The fourth-order valence-corrected chi connectivity index (χ4v) is 3.37. The summed E-state index contributed by atoms with van der Waals surface area (Å²) in [7, 11) is 0. The Morgan fingerprint density at radius 1 is 1.22 bits per heavy atom. The Hall–Kier alpha value is -1.14. The fraction of sp³-hybridized carbons (Fsp3) is 0.333. The standard InChI is InChI=1S/C12H14N2O2S2/c15-10-12(7-17,14-11(16)13-10)8-18-6-9-4-2-1-3-5-9/h1-5,17H,6-8H2,(H2,13,14,15,16)/t12-/m0/s1. The number of carbonyl (C=O) groups excluding carboxylic acids is 2. The molecule has 0 unspecified atom stereocenters. The molecule has 1 aromatic rings. The number of thiol groups is 1. The molecule has 4 nitrogen and oxygen atoms in total. The topological polar surface area (TPSA) is 58.2 Å². The van der Waals surface area contributed by atoms with Crippen LogP contribution in [0.3, 0.4) is 0 Å². The first kappa shape index (κ1) is 13.3. The average molecular weight is 282 g/mol. The van der Waals surface area contributed by atoms with Crippen LogP contribution in [0.15, 0.2) is 30.3 Å². The van der Waals surface area contributed by atoms with E-state index in [4.69, 9.17) is 0 Å². The quantitative estimate of drug-likeness (QED) is 0.565. The first-order chi connectivity index (χ1) is 8.66. The molecule has 2 rings (SSSR count). The normalized spacial score (nSPS) is 22.7. The Kier molecular flexibility index (Phi) is 4.19. The van der Waals surface area contributed by atoms with Gasteiger partial charge in [-0.2, -0.15) is 24.4 Å². The number of urea groups is 1. The molecular weight excluding hydrogens is 268 g/mol. The van der Waals surface area contributed by atoms with Crippen molar-refractivity contribution in [2.45, 2.75) is 11.3 Å². The van der Waals surface area contributed by atoms with Gasteiger partial charge in [-0.3, -0.25) is 10.1 Å². The van der Waals surface area contributed by atoms with Gasteiger partial charge in [-0.15, -0.1) is 0 Å². The van der Waals surface area contributed by atoms with Crippen molar-refractivity contribution in [3.8, 4) is 0 Å². The van der Waals surface area contributed by atoms with E-state index in [0.29, 0.717) is 11.5 Å². The highest BCUT2D eigenvalue weighted by molar-refractivity contribution is 7.98. The van der Waals surface area contributed by atoms with Crippen molar-refractivity contribution in [1.29, 1.82) is 0 Å². The second kappa shape index (κ2) is 5.67. The van der Waals surface area contributed by atoms with Gasteiger partial charge in [0.05, 0.1) is 0 Å². The summed E-state index contributed by atoms with van der Waals surface area (Å²) in [6.45, 7) is 0. The van der Waals surface area contributed by atoms with Crippen LogP contribution in [-0.2, 0) is 10.5 Å². The van der Waals surface area contributed by atoms with E-state index in [1.807, 2.05) is 30.3 Å². The van der Waals surface area contributed by atoms with Gasteiger partial charge < -0.3 is 5.32 Å². The highest BCUT2D eigenvalue weighted by Crippen LogP contribution is 2.22. The Morgan fingerprint density at radius 2 is 1.94 bits per heavy atom. The summed E-state index contributed by atoms with van der Waals surface area (Å²) >= 11 is 5.78. The van der Waals surface area contributed by atoms with Crippen molar-refractivity contribution in [2.75, 3.05) is 11.5 Å². The molecule has 2 N–H and O–H groups in total. The number of carbonyl (C=O) groups is 2.